The number of nitrogens with one attached hydrogen (secondary N) is 1. The van der Waals surface area contributed by atoms with Crippen molar-refractivity contribution in [2.45, 2.75) is 39.2 Å². The van der Waals surface area contributed by atoms with Gasteiger partial charge in [0.05, 0.1) is 7.11 Å². The maximum Gasteiger partial charge on any atom is 0.165 e. The third kappa shape index (κ3) is 4.20. The standard InChI is InChI=1S/C16H24FNO/c1-11(12(2)10-18-14-5-6-14)8-13-4-7-16(19-3)15(17)9-13/h4,7,9,11-12,14,18H,5-6,8,10H2,1-3H3. The second-order valence-electron chi connectivity index (χ2n) is 5.81. The summed E-state index contributed by atoms with van der Waals surface area (Å²) in [6.07, 6.45) is 3.56. The van der Waals surface area contributed by atoms with Crippen LogP contribution in [-0.4, -0.2) is 19.7 Å². The molecule has 2 rings (SSSR count). The van der Waals surface area contributed by atoms with Crippen molar-refractivity contribution in [3.8, 4) is 5.75 Å². The minimum absolute atomic E-state index is 0.268. The molecular weight excluding hydrogens is 241 g/mol. The summed E-state index contributed by atoms with van der Waals surface area (Å²) in [7, 11) is 1.49. The largest absolute Gasteiger partial charge is 0.494 e. The minimum atomic E-state index is -0.268. The number of hydrogen-bond donors (Lipinski definition) is 1. The first kappa shape index (κ1) is 14.3. The van der Waals surface area contributed by atoms with Gasteiger partial charge in [0.2, 0.25) is 0 Å². The normalized spacial score (nSPS) is 18.1. The predicted molar refractivity (Wildman–Crippen MR) is 76.0 cm³/mol. The molecule has 0 bridgehead atoms. The highest BCUT2D eigenvalue weighted by Gasteiger charge is 2.22. The van der Waals surface area contributed by atoms with Gasteiger partial charge in [-0.05, 0) is 55.3 Å². The van der Waals surface area contributed by atoms with Gasteiger partial charge in [-0.1, -0.05) is 19.9 Å². The molecular formula is C16H24FNO. The fourth-order valence-electron chi connectivity index (χ4n) is 2.25. The molecule has 0 aliphatic heterocycles. The summed E-state index contributed by atoms with van der Waals surface area (Å²) in [5, 5.41) is 3.56. The second kappa shape index (κ2) is 6.38. The highest BCUT2D eigenvalue weighted by molar-refractivity contribution is 5.29. The minimum Gasteiger partial charge on any atom is -0.494 e. The molecule has 0 amide bonds. The van der Waals surface area contributed by atoms with Crippen LogP contribution in [0.15, 0.2) is 18.2 Å². The molecule has 0 aromatic heterocycles. The Balaban J connectivity index is 1.86. The molecule has 0 heterocycles. The second-order valence-corrected chi connectivity index (χ2v) is 5.81. The highest BCUT2D eigenvalue weighted by Crippen LogP contribution is 2.23. The Morgan fingerprint density at radius 1 is 1.32 bits per heavy atom. The van der Waals surface area contributed by atoms with Gasteiger partial charge in [-0.3, -0.25) is 0 Å². The summed E-state index contributed by atoms with van der Waals surface area (Å²) >= 11 is 0. The van der Waals surface area contributed by atoms with E-state index in [1.54, 1.807) is 12.1 Å². The molecule has 1 saturated carbocycles. The number of halogens is 1. The SMILES string of the molecule is COc1ccc(CC(C)C(C)CNC2CC2)cc1F. The van der Waals surface area contributed by atoms with E-state index in [2.05, 4.69) is 19.2 Å². The van der Waals surface area contributed by atoms with Crippen LogP contribution in [-0.2, 0) is 6.42 Å². The van der Waals surface area contributed by atoms with Crippen LogP contribution in [0.3, 0.4) is 0 Å². The summed E-state index contributed by atoms with van der Waals surface area (Å²) in [5.74, 6) is 1.20. The quantitative estimate of drug-likeness (QED) is 0.816. The molecule has 2 atom stereocenters. The zero-order valence-corrected chi connectivity index (χ0v) is 12.1. The van der Waals surface area contributed by atoms with Crippen LogP contribution in [0.1, 0.15) is 32.3 Å². The molecule has 106 valence electrons. The highest BCUT2D eigenvalue weighted by atomic mass is 19.1. The average molecular weight is 265 g/mol. The summed E-state index contributed by atoms with van der Waals surface area (Å²) in [5.41, 5.74) is 1.05. The van der Waals surface area contributed by atoms with Crippen molar-refractivity contribution >= 4 is 0 Å². The van der Waals surface area contributed by atoms with E-state index in [1.807, 2.05) is 6.07 Å². The van der Waals surface area contributed by atoms with Crippen LogP contribution in [0.5, 0.6) is 5.75 Å². The Bertz CT molecular complexity index is 417. The van der Waals surface area contributed by atoms with Gasteiger partial charge in [0.15, 0.2) is 11.6 Å². The lowest BCUT2D eigenvalue weighted by Crippen LogP contribution is -2.27. The molecule has 19 heavy (non-hydrogen) atoms. The van der Waals surface area contributed by atoms with Crippen LogP contribution >= 0.6 is 0 Å². The topological polar surface area (TPSA) is 21.3 Å². The predicted octanol–water partition coefficient (Wildman–Crippen LogP) is 3.40. The Morgan fingerprint density at radius 3 is 2.63 bits per heavy atom. The molecule has 0 radical (unpaired) electrons. The maximum absolute atomic E-state index is 13.6. The lowest BCUT2D eigenvalue weighted by Gasteiger charge is -2.20. The summed E-state index contributed by atoms with van der Waals surface area (Å²) in [4.78, 5) is 0. The molecule has 1 aromatic carbocycles. The molecule has 3 heteroatoms. The van der Waals surface area contributed by atoms with Crippen LogP contribution in [0.2, 0.25) is 0 Å². The maximum atomic E-state index is 13.6. The van der Waals surface area contributed by atoms with Gasteiger partial charge in [0.1, 0.15) is 0 Å². The molecule has 1 aromatic rings. The van der Waals surface area contributed by atoms with Crippen molar-refractivity contribution < 1.29 is 9.13 Å². The smallest absolute Gasteiger partial charge is 0.165 e. The monoisotopic (exact) mass is 265 g/mol. The number of benzene rings is 1. The number of hydrogen-bond acceptors (Lipinski definition) is 2. The lowest BCUT2D eigenvalue weighted by atomic mass is 9.89. The Morgan fingerprint density at radius 2 is 2.05 bits per heavy atom. The van der Waals surface area contributed by atoms with E-state index in [-0.39, 0.29) is 5.82 Å². The lowest BCUT2D eigenvalue weighted by molar-refractivity contribution is 0.362. The average Bonchev–Trinajstić information content (AvgIpc) is 3.20. The summed E-state index contributed by atoms with van der Waals surface area (Å²) in [6, 6.07) is 6.02. The van der Waals surface area contributed by atoms with Crippen molar-refractivity contribution in [2.75, 3.05) is 13.7 Å². The first-order chi connectivity index (χ1) is 9.10. The molecule has 0 spiro atoms. The van der Waals surface area contributed by atoms with Crippen molar-refractivity contribution in [3.63, 3.8) is 0 Å². The molecule has 1 N–H and O–H groups in total. The van der Waals surface area contributed by atoms with E-state index >= 15 is 0 Å². The fourth-order valence-corrected chi connectivity index (χ4v) is 2.25. The van der Waals surface area contributed by atoms with E-state index in [0.717, 1.165) is 24.6 Å². The van der Waals surface area contributed by atoms with Crippen LogP contribution in [0.4, 0.5) is 4.39 Å². The Labute approximate surface area is 115 Å². The Hall–Kier alpha value is -1.09. The molecule has 1 fully saturated rings. The number of methoxy groups -OCH3 is 1. The van der Waals surface area contributed by atoms with Crippen molar-refractivity contribution in [3.05, 3.63) is 29.6 Å². The van der Waals surface area contributed by atoms with E-state index in [1.165, 1.54) is 20.0 Å². The van der Waals surface area contributed by atoms with Crippen LogP contribution in [0, 0.1) is 17.7 Å². The molecule has 1 aliphatic carbocycles. The van der Waals surface area contributed by atoms with Gasteiger partial charge >= 0.3 is 0 Å². The third-order valence-corrected chi connectivity index (χ3v) is 4.05. The molecule has 0 saturated heterocycles. The van der Waals surface area contributed by atoms with Gasteiger partial charge in [0.25, 0.3) is 0 Å². The Kier molecular flexibility index (Phi) is 4.81. The number of ether oxygens (including phenoxy) is 1. The van der Waals surface area contributed by atoms with Gasteiger partial charge < -0.3 is 10.1 Å². The zero-order valence-electron chi connectivity index (χ0n) is 12.1. The van der Waals surface area contributed by atoms with Gasteiger partial charge in [0, 0.05) is 6.04 Å². The summed E-state index contributed by atoms with van der Waals surface area (Å²) in [6.45, 7) is 5.56. The van der Waals surface area contributed by atoms with E-state index in [0.29, 0.717) is 17.6 Å². The summed E-state index contributed by atoms with van der Waals surface area (Å²) < 4.78 is 18.6. The van der Waals surface area contributed by atoms with E-state index in [4.69, 9.17) is 4.74 Å². The number of rotatable bonds is 7. The third-order valence-electron chi connectivity index (χ3n) is 4.05. The zero-order chi connectivity index (χ0) is 13.8. The van der Waals surface area contributed by atoms with Gasteiger partial charge in [-0.15, -0.1) is 0 Å². The van der Waals surface area contributed by atoms with Crippen molar-refractivity contribution in [2.24, 2.45) is 11.8 Å². The molecule has 2 nitrogen and oxygen atoms in total. The van der Waals surface area contributed by atoms with E-state index < -0.39 is 0 Å². The van der Waals surface area contributed by atoms with Crippen molar-refractivity contribution in [1.29, 1.82) is 0 Å². The first-order valence-electron chi connectivity index (χ1n) is 7.16. The molecule has 2 unspecified atom stereocenters. The van der Waals surface area contributed by atoms with Crippen LogP contribution < -0.4 is 10.1 Å². The van der Waals surface area contributed by atoms with Gasteiger partial charge in [-0.25, -0.2) is 4.39 Å². The van der Waals surface area contributed by atoms with E-state index in [9.17, 15) is 4.39 Å². The van der Waals surface area contributed by atoms with Gasteiger partial charge in [-0.2, -0.15) is 0 Å². The molecule has 1 aliphatic rings. The fraction of sp³-hybridized carbons (Fsp3) is 0.625. The van der Waals surface area contributed by atoms with Crippen molar-refractivity contribution in [1.82, 2.24) is 5.32 Å². The van der Waals surface area contributed by atoms with Crippen LogP contribution in [0.25, 0.3) is 0 Å². The first-order valence-corrected chi connectivity index (χ1v) is 7.16.